The van der Waals surface area contributed by atoms with Crippen LogP contribution < -0.4 is 10.5 Å². The Balaban J connectivity index is 2.13. The van der Waals surface area contributed by atoms with Crippen molar-refractivity contribution in [2.75, 3.05) is 12.8 Å². The summed E-state index contributed by atoms with van der Waals surface area (Å²) in [7, 11) is 1.64. The molecule has 0 saturated heterocycles. The maximum Gasteiger partial charge on any atom is 0.185 e. The minimum Gasteiger partial charge on any atom is -0.497 e. The van der Waals surface area contributed by atoms with Crippen molar-refractivity contribution in [2.45, 2.75) is 0 Å². The van der Waals surface area contributed by atoms with E-state index in [-0.39, 0.29) is 0 Å². The first-order chi connectivity index (χ1) is 8.26. The van der Waals surface area contributed by atoms with Gasteiger partial charge in [0.05, 0.1) is 12.8 Å². The number of methoxy groups -OCH3 is 1. The SMILES string of the molecule is COc1ccc2[nH]c(-c3cc(N)no3)cc2c1. The number of hydrogen-bond acceptors (Lipinski definition) is 4. The van der Waals surface area contributed by atoms with E-state index in [1.54, 1.807) is 13.2 Å². The molecule has 3 rings (SSSR count). The van der Waals surface area contributed by atoms with E-state index in [9.17, 15) is 0 Å². The molecular weight excluding hydrogens is 218 g/mol. The van der Waals surface area contributed by atoms with Gasteiger partial charge in [0.2, 0.25) is 0 Å². The molecule has 0 aliphatic heterocycles. The van der Waals surface area contributed by atoms with Crippen LogP contribution in [0.3, 0.4) is 0 Å². The molecule has 3 N–H and O–H groups in total. The molecule has 3 aromatic rings. The predicted molar refractivity (Wildman–Crippen MR) is 64.8 cm³/mol. The highest BCUT2D eigenvalue weighted by atomic mass is 16.5. The van der Waals surface area contributed by atoms with Gasteiger partial charge in [-0.15, -0.1) is 0 Å². The largest absolute Gasteiger partial charge is 0.497 e. The van der Waals surface area contributed by atoms with Gasteiger partial charge >= 0.3 is 0 Å². The first-order valence-electron chi connectivity index (χ1n) is 5.15. The van der Waals surface area contributed by atoms with Crippen molar-refractivity contribution in [3.63, 3.8) is 0 Å². The maximum absolute atomic E-state index is 5.52. The average Bonchev–Trinajstić information content (AvgIpc) is 2.93. The first kappa shape index (κ1) is 9.77. The molecular formula is C12H11N3O2. The van der Waals surface area contributed by atoms with Gasteiger partial charge in [-0.2, -0.15) is 0 Å². The Labute approximate surface area is 97.2 Å². The van der Waals surface area contributed by atoms with Gasteiger partial charge < -0.3 is 20.0 Å². The number of ether oxygens (including phenoxy) is 1. The molecule has 1 aromatic carbocycles. The first-order valence-corrected chi connectivity index (χ1v) is 5.15. The number of aromatic nitrogens is 2. The molecule has 2 aromatic heterocycles. The highest BCUT2D eigenvalue weighted by molar-refractivity contribution is 5.86. The monoisotopic (exact) mass is 229 g/mol. The van der Waals surface area contributed by atoms with E-state index in [1.807, 2.05) is 24.3 Å². The smallest absolute Gasteiger partial charge is 0.185 e. The molecule has 2 heterocycles. The number of nitrogens with zero attached hydrogens (tertiary/aromatic N) is 1. The van der Waals surface area contributed by atoms with Gasteiger partial charge in [0.1, 0.15) is 5.75 Å². The number of fused-ring (bicyclic) bond motifs is 1. The summed E-state index contributed by atoms with van der Waals surface area (Å²) in [5.74, 6) is 1.81. The standard InChI is InChI=1S/C12H11N3O2/c1-16-8-2-3-9-7(4-8)5-10(14-9)11-6-12(13)15-17-11/h2-6,14H,1H3,(H2,13,15). The van der Waals surface area contributed by atoms with E-state index in [2.05, 4.69) is 10.1 Å². The Kier molecular flexibility index (Phi) is 2.04. The fourth-order valence-electron chi connectivity index (χ4n) is 1.79. The fraction of sp³-hybridized carbons (Fsp3) is 0.0833. The Morgan fingerprint density at radius 2 is 2.18 bits per heavy atom. The number of nitrogens with two attached hydrogens (primary N) is 1. The van der Waals surface area contributed by atoms with Crippen LogP contribution in [-0.2, 0) is 0 Å². The van der Waals surface area contributed by atoms with Crippen molar-refractivity contribution < 1.29 is 9.26 Å². The molecule has 0 spiro atoms. The van der Waals surface area contributed by atoms with Crippen LogP contribution in [-0.4, -0.2) is 17.3 Å². The fourth-order valence-corrected chi connectivity index (χ4v) is 1.79. The molecule has 0 bridgehead atoms. The zero-order valence-corrected chi connectivity index (χ0v) is 9.23. The molecule has 5 heteroatoms. The molecule has 0 amide bonds. The molecule has 0 aliphatic carbocycles. The van der Waals surface area contributed by atoms with Gasteiger partial charge in [-0.1, -0.05) is 5.16 Å². The zero-order valence-electron chi connectivity index (χ0n) is 9.23. The van der Waals surface area contributed by atoms with Gasteiger partial charge in [-0.3, -0.25) is 0 Å². The molecule has 17 heavy (non-hydrogen) atoms. The Hall–Kier alpha value is -2.43. The third-order valence-electron chi connectivity index (χ3n) is 2.62. The molecule has 0 fully saturated rings. The summed E-state index contributed by atoms with van der Waals surface area (Å²) < 4.78 is 10.3. The molecule has 86 valence electrons. The molecule has 0 aliphatic rings. The van der Waals surface area contributed by atoms with Crippen LogP contribution in [0.1, 0.15) is 0 Å². The Bertz CT molecular complexity index is 669. The number of anilines is 1. The summed E-state index contributed by atoms with van der Waals surface area (Å²) >= 11 is 0. The van der Waals surface area contributed by atoms with E-state index in [4.69, 9.17) is 15.0 Å². The van der Waals surface area contributed by atoms with Crippen molar-refractivity contribution in [3.05, 3.63) is 30.3 Å². The third-order valence-corrected chi connectivity index (χ3v) is 2.62. The quantitative estimate of drug-likeness (QED) is 0.707. The summed E-state index contributed by atoms with van der Waals surface area (Å²) in [5, 5.41) is 4.71. The summed E-state index contributed by atoms with van der Waals surface area (Å²) in [6.07, 6.45) is 0. The molecule has 0 unspecified atom stereocenters. The van der Waals surface area contributed by atoms with Gasteiger partial charge in [-0.05, 0) is 24.3 Å². The van der Waals surface area contributed by atoms with E-state index in [0.29, 0.717) is 11.6 Å². The van der Waals surface area contributed by atoms with E-state index in [1.165, 1.54) is 0 Å². The molecule has 5 nitrogen and oxygen atoms in total. The summed E-state index contributed by atoms with van der Waals surface area (Å²) in [6.45, 7) is 0. The van der Waals surface area contributed by atoms with E-state index < -0.39 is 0 Å². The lowest BCUT2D eigenvalue weighted by molar-refractivity contribution is 0.415. The van der Waals surface area contributed by atoms with Crippen molar-refractivity contribution in [3.8, 4) is 17.2 Å². The minimum atomic E-state index is 0.372. The number of benzene rings is 1. The van der Waals surface area contributed by atoms with Crippen LogP contribution in [0, 0.1) is 0 Å². The molecule has 0 saturated carbocycles. The highest BCUT2D eigenvalue weighted by Gasteiger charge is 2.08. The second-order valence-corrected chi connectivity index (χ2v) is 3.75. The third kappa shape index (κ3) is 1.61. The van der Waals surface area contributed by atoms with E-state index in [0.717, 1.165) is 22.3 Å². The number of H-pyrrole nitrogens is 1. The summed E-state index contributed by atoms with van der Waals surface area (Å²) in [4.78, 5) is 3.23. The Morgan fingerprint density at radius 3 is 2.88 bits per heavy atom. The lowest BCUT2D eigenvalue weighted by Gasteiger charge is -1.97. The summed E-state index contributed by atoms with van der Waals surface area (Å²) in [6, 6.07) is 9.46. The van der Waals surface area contributed by atoms with Crippen LogP contribution in [0.4, 0.5) is 5.82 Å². The average molecular weight is 229 g/mol. The van der Waals surface area contributed by atoms with Crippen LogP contribution in [0.15, 0.2) is 34.9 Å². The van der Waals surface area contributed by atoms with Gasteiger partial charge in [0, 0.05) is 17.0 Å². The topological polar surface area (TPSA) is 77.1 Å². The summed E-state index contributed by atoms with van der Waals surface area (Å²) in [5.41, 5.74) is 7.37. The van der Waals surface area contributed by atoms with Gasteiger partial charge in [-0.25, -0.2) is 0 Å². The van der Waals surface area contributed by atoms with Crippen LogP contribution in [0.25, 0.3) is 22.4 Å². The Morgan fingerprint density at radius 1 is 1.29 bits per heavy atom. The predicted octanol–water partition coefficient (Wildman–Crippen LogP) is 2.41. The van der Waals surface area contributed by atoms with Crippen molar-refractivity contribution in [1.29, 1.82) is 0 Å². The maximum atomic E-state index is 5.52. The van der Waals surface area contributed by atoms with E-state index >= 15 is 0 Å². The zero-order chi connectivity index (χ0) is 11.8. The number of nitrogen functional groups attached to an aromatic ring is 1. The van der Waals surface area contributed by atoms with Crippen LogP contribution in [0.5, 0.6) is 5.75 Å². The second-order valence-electron chi connectivity index (χ2n) is 3.75. The lowest BCUT2D eigenvalue weighted by Crippen LogP contribution is -1.80. The number of nitrogens with one attached hydrogen (secondary N) is 1. The van der Waals surface area contributed by atoms with Crippen molar-refractivity contribution in [2.24, 2.45) is 0 Å². The number of rotatable bonds is 2. The molecule has 0 radical (unpaired) electrons. The van der Waals surface area contributed by atoms with Crippen molar-refractivity contribution in [1.82, 2.24) is 10.1 Å². The molecule has 0 atom stereocenters. The second kappa shape index (κ2) is 3.55. The lowest BCUT2D eigenvalue weighted by atomic mass is 10.2. The van der Waals surface area contributed by atoms with Crippen LogP contribution in [0.2, 0.25) is 0 Å². The van der Waals surface area contributed by atoms with Crippen molar-refractivity contribution >= 4 is 16.7 Å². The highest BCUT2D eigenvalue weighted by Crippen LogP contribution is 2.27. The minimum absolute atomic E-state index is 0.372. The normalized spacial score (nSPS) is 10.9. The number of hydrogen-bond donors (Lipinski definition) is 2. The number of aromatic amines is 1. The van der Waals surface area contributed by atoms with Gasteiger partial charge in [0.15, 0.2) is 11.6 Å². The van der Waals surface area contributed by atoms with Gasteiger partial charge in [0.25, 0.3) is 0 Å². The van der Waals surface area contributed by atoms with Crippen LogP contribution >= 0.6 is 0 Å².